The maximum atomic E-state index is 11.7. The second kappa shape index (κ2) is 7.07. The summed E-state index contributed by atoms with van der Waals surface area (Å²) in [7, 11) is 2.60. The second-order valence-electron chi connectivity index (χ2n) is 3.64. The van der Waals surface area contributed by atoms with E-state index in [1.165, 1.54) is 21.1 Å². The smallest absolute Gasteiger partial charge is 0.337 e. The first kappa shape index (κ1) is 16.5. The summed E-state index contributed by atoms with van der Waals surface area (Å²) in [6, 6.07) is 0. The Morgan fingerprint density at radius 2 is 1.72 bits per heavy atom. The van der Waals surface area contributed by atoms with E-state index in [1.54, 1.807) is 6.92 Å². The quantitative estimate of drug-likeness (QED) is 0.266. The molecule has 18 heavy (non-hydrogen) atoms. The molecule has 7 heteroatoms. The van der Waals surface area contributed by atoms with Gasteiger partial charge in [0.2, 0.25) is 0 Å². The number of aldehydes is 1. The van der Waals surface area contributed by atoms with E-state index >= 15 is 0 Å². The molecule has 0 aliphatic rings. The second-order valence-corrected chi connectivity index (χ2v) is 4.64. The Bertz CT molecular complexity index is 376. The van der Waals surface area contributed by atoms with Gasteiger partial charge in [0.05, 0.1) is 19.8 Å². The number of methoxy groups -OCH3 is 2. The number of carbonyl (C=O) groups excluding carboxylic acids is 3. The van der Waals surface area contributed by atoms with Crippen molar-refractivity contribution in [1.29, 1.82) is 0 Å². The molecule has 0 rings (SSSR count). The largest absolute Gasteiger partial charge is 0.466 e. The third-order valence-electron chi connectivity index (χ3n) is 2.42. The standard InChI is InChI=1S/C11H18O6Si/c1-5-17-11(2,6-12)7(9(13)15-3)8(18)10(14)16-4/h6H,5H2,1-4,18H3. The average molecular weight is 274 g/mol. The van der Waals surface area contributed by atoms with Crippen molar-refractivity contribution >= 4 is 28.5 Å². The maximum absolute atomic E-state index is 11.7. The Morgan fingerprint density at radius 1 is 1.22 bits per heavy atom. The number of esters is 2. The Labute approximate surface area is 109 Å². The molecule has 102 valence electrons. The predicted octanol–water partition coefficient (Wildman–Crippen LogP) is -1.05. The fraction of sp³-hybridized carbons (Fsp3) is 0.545. The molecule has 0 amide bonds. The van der Waals surface area contributed by atoms with E-state index in [4.69, 9.17) is 4.74 Å². The van der Waals surface area contributed by atoms with Gasteiger partial charge in [-0.1, -0.05) is 0 Å². The van der Waals surface area contributed by atoms with Gasteiger partial charge in [0.15, 0.2) is 11.9 Å². The van der Waals surface area contributed by atoms with Crippen LogP contribution >= 0.6 is 0 Å². The fourth-order valence-electron chi connectivity index (χ4n) is 1.55. The van der Waals surface area contributed by atoms with Crippen molar-refractivity contribution in [3.63, 3.8) is 0 Å². The van der Waals surface area contributed by atoms with E-state index in [2.05, 4.69) is 9.47 Å². The lowest BCUT2D eigenvalue weighted by Crippen LogP contribution is -2.39. The monoisotopic (exact) mass is 274 g/mol. The molecule has 0 aromatic rings. The van der Waals surface area contributed by atoms with E-state index in [0.29, 0.717) is 6.29 Å². The minimum absolute atomic E-state index is 0.0969. The Balaban J connectivity index is 5.83. The number of ether oxygens (including phenoxy) is 3. The molecular formula is C11H18O6Si. The van der Waals surface area contributed by atoms with Gasteiger partial charge in [-0.3, -0.25) is 4.79 Å². The average Bonchev–Trinajstić information content (AvgIpc) is 2.37. The molecule has 0 aliphatic heterocycles. The van der Waals surface area contributed by atoms with Gasteiger partial charge in [-0.2, -0.15) is 0 Å². The number of hydrogen-bond donors (Lipinski definition) is 0. The van der Waals surface area contributed by atoms with Crippen molar-refractivity contribution in [3.05, 3.63) is 10.8 Å². The van der Waals surface area contributed by atoms with Crippen molar-refractivity contribution in [1.82, 2.24) is 0 Å². The van der Waals surface area contributed by atoms with E-state index < -0.39 is 17.5 Å². The first-order valence-corrected chi connectivity index (χ1v) is 6.36. The number of hydrogen-bond acceptors (Lipinski definition) is 6. The van der Waals surface area contributed by atoms with E-state index in [0.717, 1.165) is 0 Å². The molecule has 0 aliphatic carbocycles. The Hall–Kier alpha value is -1.47. The molecule has 0 heterocycles. The van der Waals surface area contributed by atoms with Crippen molar-refractivity contribution in [3.8, 4) is 0 Å². The van der Waals surface area contributed by atoms with Crippen LogP contribution in [-0.4, -0.2) is 54.9 Å². The highest BCUT2D eigenvalue weighted by Gasteiger charge is 2.38. The topological polar surface area (TPSA) is 78.9 Å². The van der Waals surface area contributed by atoms with Crippen LogP contribution in [0.2, 0.25) is 0 Å². The lowest BCUT2D eigenvalue weighted by Gasteiger charge is -2.26. The van der Waals surface area contributed by atoms with E-state index in [1.807, 2.05) is 0 Å². The molecule has 6 nitrogen and oxygen atoms in total. The molecule has 0 saturated carbocycles. The van der Waals surface area contributed by atoms with Gasteiger partial charge in [0.1, 0.15) is 0 Å². The number of rotatable bonds is 6. The highest BCUT2D eigenvalue weighted by molar-refractivity contribution is 6.38. The van der Waals surface area contributed by atoms with Crippen molar-refractivity contribution in [2.24, 2.45) is 0 Å². The van der Waals surface area contributed by atoms with Crippen molar-refractivity contribution in [2.45, 2.75) is 19.4 Å². The summed E-state index contributed by atoms with van der Waals surface area (Å²) in [5.41, 5.74) is -1.60. The van der Waals surface area contributed by atoms with Crippen LogP contribution in [0.25, 0.3) is 0 Å². The summed E-state index contributed by atoms with van der Waals surface area (Å²) in [6.45, 7) is 3.31. The van der Waals surface area contributed by atoms with Crippen LogP contribution in [0, 0.1) is 0 Å². The molecule has 0 N–H and O–H groups in total. The van der Waals surface area contributed by atoms with Crippen LogP contribution in [0.3, 0.4) is 0 Å². The van der Waals surface area contributed by atoms with Crippen LogP contribution in [0.1, 0.15) is 13.8 Å². The summed E-state index contributed by atoms with van der Waals surface area (Å²) in [5.74, 6) is -1.43. The third kappa shape index (κ3) is 3.51. The minimum Gasteiger partial charge on any atom is -0.466 e. The summed E-state index contributed by atoms with van der Waals surface area (Å²) in [4.78, 5) is 34.5. The van der Waals surface area contributed by atoms with Crippen LogP contribution in [0.4, 0.5) is 0 Å². The molecule has 0 radical (unpaired) electrons. The Morgan fingerprint density at radius 3 is 2.06 bits per heavy atom. The zero-order valence-corrected chi connectivity index (χ0v) is 13.2. The van der Waals surface area contributed by atoms with Crippen LogP contribution < -0.4 is 0 Å². The SMILES string of the molecule is CCOC(C)(C=O)C(C(=O)OC)=C([SiH3])C(=O)OC. The molecule has 0 aromatic carbocycles. The zero-order valence-electron chi connectivity index (χ0n) is 11.2. The van der Waals surface area contributed by atoms with Gasteiger partial charge in [-0.25, -0.2) is 9.59 Å². The van der Waals surface area contributed by atoms with Crippen molar-refractivity contribution in [2.75, 3.05) is 20.8 Å². The lowest BCUT2D eigenvalue weighted by atomic mass is 9.96. The first-order chi connectivity index (χ1) is 8.37. The van der Waals surface area contributed by atoms with Gasteiger partial charge in [-0.15, -0.1) is 0 Å². The zero-order chi connectivity index (χ0) is 14.3. The summed E-state index contributed by atoms with van der Waals surface area (Å²) in [5, 5.41) is 0.118. The highest BCUT2D eigenvalue weighted by Crippen LogP contribution is 2.23. The minimum atomic E-state index is -1.51. The van der Waals surface area contributed by atoms with Gasteiger partial charge in [-0.05, 0) is 13.8 Å². The van der Waals surface area contributed by atoms with Gasteiger partial charge in [0.25, 0.3) is 0 Å². The van der Waals surface area contributed by atoms with Gasteiger partial charge >= 0.3 is 11.9 Å². The summed E-state index contributed by atoms with van der Waals surface area (Å²) >= 11 is 0. The van der Waals surface area contributed by atoms with E-state index in [-0.39, 0.29) is 27.6 Å². The first-order valence-electron chi connectivity index (χ1n) is 5.36. The normalized spacial score (nSPS) is 15.3. The Kier molecular flexibility index (Phi) is 6.49. The predicted molar refractivity (Wildman–Crippen MR) is 67.1 cm³/mol. The molecule has 0 aromatic heterocycles. The fourth-order valence-corrected chi connectivity index (χ4v) is 2.45. The van der Waals surface area contributed by atoms with Crippen LogP contribution in [0.15, 0.2) is 10.8 Å². The summed E-state index contributed by atoms with van der Waals surface area (Å²) < 4.78 is 14.4. The third-order valence-corrected chi connectivity index (χ3v) is 3.33. The molecule has 1 atom stereocenters. The summed E-state index contributed by atoms with van der Waals surface area (Å²) in [6.07, 6.45) is 0.476. The molecule has 0 spiro atoms. The highest BCUT2D eigenvalue weighted by atomic mass is 28.1. The molecule has 1 unspecified atom stereocenters. The molecule has 0 saturated heterocycles. The molecule has 0 fully saturated rings. The van der Waals surface area contributed by atoms with Gasteiger partial charge < -0.3 is 14.2 Å². The van der Waals surface area contributed by atoms with Crippen LogP contribution in [-0.2, 0) is 28.6 Å². The van der Waals surface area contributed by atoms with Gasteiger partial charge in [0, 0.05) is 22.0 Å². The van der Waals surface area contributed by atoms with E-state index in [9.17, 15) is 14.4 Å². The van der Waals surface area contributed by atoms with Crippen molar-refractivity contribution < 1.29 is 28.6 Å². The lowest BCUT2D eigenvalue weighted by molar-refractivity contribution is -0.144. The molecule has 0 bridgehead atoms. The van der Waals surface area contributed by atoms with Crippen LogP contribution in [0.5, 0.6) is 0 Å². The molecular weight excluding hydrogens is 256 g/mol. The maximum Gasteiger partial charge on any atom is 0.337 e. The number of carbonyl (C=O) groups is 3.